The fraction of sp³-hybridized carbons (Fsp3) is 0.0455. The minimum absolute atomic E-state index is 0.135. The van der Waals surface area contributed by atoms with E-state index in [4.69, 9.17) is 16.3 Å². The van der Waals surface area contributed by atoms with Crippen molar-refractivity contribution >= 4 is 34.0 Å². The number of hydrogen-bond donors (Lipinski definition) is 1. The van der Waals surface area contributed by atoms with E-state index in [1.807, 2.05) is 0 Å². The molecule has 0 saturated heterocycles. The molecule has 0 atom stereocenters. The van der Waals surface area contributed by atoms with Crippen LogP contribution < -0.4 is 15.6 Å². The van der Waals surface area contributed by atoms with Crippen LogP contribution in [0.4, 0.5) is 5.69 Å². The standard InChI is InChI=1S/C22H16ClN3O3/c1-29-17-11-9-16(10-12-17)26-22(28)19-8-3-2-7-18(19)20(25-26)21(27)24-15-6-4-5-14(23)13-15/h2-13H,1H3,(H,24,27). The van der Waals surface area contributed by atoms with Crippen molar-refractivity contribution in [2.24, 2.45) is 0 Å². The van der Waals surface area contributed by atoms with Gasteiger partial charge in [0.25, 0.3) is 11.5 Å². The molecule has 0 fully saturated rings. The van der Waals surface area contributed by atoms with Gasteiger partial charge in [0.15, 0.2) is 5.69 Å². The number of rotatable bonds is 4. The molecule has 1 N–H and O–H groups in total. The van der Waals surface area contributed by atoms with Gasteiger partial charge in [-0.3, -0.25) is 9.59 Å². The van der Waals surface area contributed by atoms with E-state index in [0.29, 0.717) is 32.9 Å². The maximum absolute atomic E-state index is 13.0. The van der Waals surface area contributed by atoms with Gasteiger partial charge in [-0.1, -0.05) is 35.9 Å². The topological polar surface area (TPSA) is 73.2 Å². The number of fused-ring (bicyclic) bond motifs is 1. The second kappa shape index (κ2) is 7.77. The zero-order chi connectivity index (χ0) is 20.4. The molecule has 1 aromatic heterocycles. The molecule has 0 saturated carbocycles. The third-order valence-electron chi connectivity index (χ3n) is 4.42. The zero-order valence-corrected chi connectivity index (χ0v) is 16.2. The number of carbonyl (C=O) groups excluding carboxylic acids is 1. The third kappa shape index (κ3) is 3.70. The second-order valence-electron chi connectivity index (χ2n) is 6.27. The molecular weight excluding hydrogens is 390 g/mol. The molecule has 0 aliphatic heterocycles. The Morgan fingerprint density at radius 2 is 1.72 bits per heavy atom. The minimum Gasteiger partial charge on any atom is -0.497 e. The number of aromatic nitrogens is 2. The maximum Gasteiger partial charge on any atom is 0.279 e. The number of carbonyl (C=O) groups is 1. The van der Waals surface area contributed by atoms with E-state index < -0.39 is 5.91 Å². The van der Waals surface area contributed by atoms with Crippen molar-refractivity contribution in [2.75, 3.05) is 12.4 Å². The van der Waals surface area contributed by atoms with Crippen LogP contribution in [-0.2, 0) is 0 Å². The van der Waals surface area contributed by atoms with Gasteiger partial charge in [0.05, 0.1) is 18.2 Å². The number of ether oxygens (including phenoxy) is 1. The minimum atomic E-state index is -0.439. The monoisotopic (exact) mass is 405 g/mol. The summed E-state index contributed by atoms with van der Waals surface area (Å²) in [5, 5.41) is 8.52. The third-order valence-corrected chi connectivity index (χ3v) is 4.65. The SMILES string of the molecule is COc1ccc(-n2nc(C(=O)Nc3cccc(Cl)c3)c3ccccc3c2=O)cc1. The number of anilines is 1. The molecule has 4 aromatic rings. The summed E-state index contributed by atoms with van der Waals surface area (Å²) in [5.41, 5.74) is 0.884. The average Bonchev–Trinajstić information content (AvgIpc) is 2.74. The van der Waals surface area contributed by atoms with E-state index in [9.17, 15) is 9.59 Å². The summed E-state index contributed by atoms with van der Waals surface area (Å²) < 4.78 is 6.38. The van der Waals surface area contributed by atoms with Crippen LogP contribution in [0.1, 0.15) is 10.5 Å². The van der Waals surface area contributed by atoms with E-state index in [1.165, 1.54) is 4.68 Å². The smallest absolute Gasteiger partial charge is 0.279 e. The number of methoxy groups -OCH3 is 1. The first-order valence-electron chi connectivity index (χ1n) is 8.80. The van der Waals surface area contributed by atoms with Crippen molar-refractivity contribution in [2.45, 2.75) is 0 Å². The Morgan fingerprint density at radius 1 is 1.00 bits per heavy atom. The Balaban J connectivity index is 1.85. The van der Waals surface area contributed by atoms with Gasteiger partial charge in [-0.15, -0.1) is 0 Å². The number of halogens is 1. The summed E-state index contributed by atoms with van der Waals surface area (Å²) in [5.74, 6) is 0.215. The van der Waals surface area contributed by atoms with Crippen LogP contribution >= 0.6 is 11.6 Å². The van der Waals surface area contributed by atoms with Crippen molar-refractivity contribution in [3.63, 3.8) is 0 Å². The first-order valence-corrected chi connectivity index (χ1v) is 9.18. The van der Waals surface area contributed by atoms with E-state index >= 15 is 0 Å². The van der Waals surface area contributed by atoms with Crippen molar-refractivity contribution in [3.8, 4) is 11.4 Å². The molecule has 0 bridgehead atoms. The lowest BCUT2D eigenvalue weighted by Gasteiger charge is -2.12. The average molecular weight is 406 g/mol. The van der Waals surface area contributed by atoms with E-state index in [2.05, 4.69) is 10.4 Å². The van der Waals surface area contributed by atoms with Crippen LogP contribution in [0.5, 0.6) is 5.75 Å². The summed E-state index contributed by atoms with van der Waals surface area (Å²) >= 11 is 6.00. The molecule has 4 rings (SSSR count). The van der Waals surface area contributed by atoms with Crippen LogP contribution in [0, 0.1) is 0 Å². The predicted octanol–water partition coefficient (Wildman–Crippen LogP) is 4.30. The van der Waals surface area contributed by atoms with Crippen LogP contribution in [0.15, 0.2) is 77.6 Å². The predicted molar refractivity (Wildman–Crippen MR) is 113 cm³/mol. The largest absolute Gasteiger partial charge is 0.497 e. The number of benzene rings is 3. The molecule has 7 heteroatoms. The van der Waals surface area contributed by atoms with E-state index in [0.717, 1.165) is 0 Å². The molecule has 6 nitrogen and oxygen atoms in total. The number of nitrogens with one attached hydrogen (secondary N) is 1. The molecule has 0 radical (unpaired) electrons. The number of hydrogen-bond acceptors (Lipinski definition) is 4. The van der Waals surface area contributed by atoms with Gasteiger partial charge in [-0.05, 0) is 48.5 Å². The second-order valence-corrected chi connectivity index (χ2v) is 6.71. The fourth-order valence-electron chi connectivity index (χ4n) is 3.01. The van der Waals surface area contributed by atoms with Gasteiger partial charge in [0.1, 0.15) is 5.75 Å². The van der Waals surface area contributed by atoms with Gasteiger partial charge >= 0.3 is 0 Å². The van der Waals surface area contributed by atoms with Crippen molar-refractivity contribution in [1.29, 1.82) is 0 Å². The number of nitrogens with zero attached hydrogens (tertiary/aromatic N) is 2. The Kier molecular flexibility index (Phi) is 5.01. The highest BCUT2D eigenvalue weighted by atomic mass is 35.5. The lowest BCUT2D eigenvalue weighted by molar-refractivity contribution is 0.102. The van der Waals surface area contributed by atoms with Gasteiger partial charge in [-0.25, -0.2) is 0 Å². The maximum atomic E-state index is 13.0. The molecule has 1 heterocycles. The van der Waals surface area contributed by atoms with E-state index in [-0.39, 0.29) is 11.3 Å². The quantitative estimate of drug-likeness (QED) is 0.549. The van der Waals surface area contributed by atoms with Gasteiger partial charge in [0.2, 0.25) is 0 Å². The van der Waals surface area contributed by atoms with Crippen molar-refractivity contribution in [3.05, 3.63) is 93.9 Å². The van der Waals surface area contributed by atoms with Crippen LogP contribution in [0.3, 0.4) is 0 Å². The van der Waals surface area contributed by atoms with Crippen molar-refractivity contribution < 1.29 is 9.53 Å². The molecule has 0 spiro atoms. The highest BCUT2D eigenvalue weighted by Gasteiger charge is 2.18. The van der Waals surface area contributed by atoms with Crippen LogP contribution in [-0.4, -0.2) is 22.8 Å². The van der Waals surface area contributed by atoms with E-state index in [1.54, 1.807) is 79.9 Å². The molecule has 3 aromatic carbocycles. The lowest BCUT2D eigenvalue weighted by atomic mass is 10.1. The van der Waals surface area contributed by atoms with Gasteiger partial charge < -0.3 is 10.1 Å². The Hall–Kier alpha value is -3.64. The molecule has 0 unspecified atom stereocenters. The normalized spacial score (nSPS) is 10.7. The molecular formula is C22H16ClN3O3. The first-order chi connectivity index (χ1) is 14.1. The molecule has 1 amide bonds. The summed E-state index contributed by atoms with van der Waals surface area (Å²) in [6.45, 7) is 0. The van der Waals surface area contributed by atoms with Crippen LogP contribution in [0.2, 0.25) is 5.02 Å². The summed E-state index contributed by atoms with van der Waals surface area (Å²) in [4.78, 5) is 26.0. The molecule has 144 valence electrons. The zero-order valence-electron chi connectivity index (χ0n) is 15.4. The van der Waals surface area contributed by atoms with Gasteiger partial charge in [0, 0.05) is 16.1 Å². The Morgan fingerprint density at radius 3 is 2.41 bits per heavy atom. The van der Waals surface area contributed by atoms with Crippen molar-refractivity contribution in [1.82, 2.24) is 9.78 Å². The Labute approximate surface area is 171 Å². The lowest BCUT2D eigenvalue weighted by Crippen LogP contribution is -2.26. The highest BCUT2D eigenvalue weighted by molar-refractivity contribution is 6.31. The fourth-order valence-corrected chi connectivity index (χ4v) is 3.20. The number of amides is 1. The van der Waals surface area contributed by atoms with Crippen LogP contribution in [0.25, 0.3) is 16.5 Å². The molecule has 29 heavy (non-hydrogen) atoms. The highest BCUT2D eigenvalue weighted by Crippen LogP contribution is 2.20. The Bertz CT molecular complexity index is 1270. The summed E-state index contributed by atoms with van der Waals surface area (Å²) in [6, 6.07) is 20.6. The molecule has 0 aliphatic carbocycles. The summed E-state index contributed by atoms with van der Waals surface area (Å²) in [6.07, 6.45) is 0. The first kappa shape index (κ1) is 18.7. The molecule has 0 aliphatic rings. The summed E-state index contributed by atoms with van der Waals surface area (Å²) in [7, 11) is 1.56. The van der Waals surface area contributed by atoms with Gasteiger partial charge in [-0.2, -0.15) is 9.78 Å².